The average Bonchev–Trinajstić information content (AvgIpc) is 3.46. The second-order valence-corrected chi connectivity index (χ2v) is 10.7. The fraction of sp³-hybridized carbons (Fsp3) is 0. The molecule has 8 aromatic rings. The van der Waals surface area contributed by atoms with E-state index in [-0.39, 0.29) is 0 Å². The van der Waals surface area contributed by atoms with Gasteiger partial charge in [-0.3, -0.25) is 0 Å². The van der Waals surface area contributed by atoms with E-state index in [1.165, 1.54) is 16.7 Å². The molecular formula is C40H26N2O. The van der Waals surface area contributed by atoms with Crippen molar-refractivity contribution in [2.45, 2.75) is 0 Å². The zero-order valence-corrected chi connectivity index (χ0v) is 23.3. The molecule has 0 aliphatic rings. The third-order valence-corrected chi connectivity index (χ3v) is 7.90. The SMILES string of the molecule is c1ccc(-c2cccc(-c3ccc4oc5ccc(-c6cc(-c7ccccc7)nc(-c7ccccc7)n6)cc5c4c3)c2)cc1. The molecule has 2 heterocycles. The molecule has 202 valence electrons. The summed E-state index contributed by atoms with van der Waals surface area (Å²) in [6.07, 6.45) is 0. The van der Waals surface area contributed by atoms with Gasteiger partial charge in [0.2, 0.25) is 0 Å². The number of furan rings is 1. The molecule has 0 saturated heterocycles. The number of nitrogens with zero attached hydrogens (tertiary/aromatic N) is 2. The summed E-state index contributed by atoms with van der Waals surface area (Å²) in [5, 5.41) is 2.15. The first kappa shape index (κ1) is 25.0. The maximum absolute atomic E-state index is 6.28. The summed E-state index contributed by atoms with van der Waals surface area (Å²) in [4.78, 5) is 9.98. The van der Waals surface area contributed by atoms with Crippen LogP contribution >= 0.6 is 0 Å². The van der Waals surface area contributed by atoms with Crippen LogP contribution in [-0.4, -0.2) is 9.97 Å². The molecule has 0 spiro atoms. The lowest BCUT2D eigenvalue weighted by atomic mass is 9.97. The van der Waals surface area contributed by atoms with Crippen LogP contribution < -0.4 is 0 Å². The maximum atomic E-state index is 6.28. The van der Waals surface area contributed by atoms with E-state index >= 15 is 0 Å². The van der Waals surface area contributed by atoms with Gasteiger partial charge in [0.25, 0.3) is 0 Å². The van der Waals surface area contributed by atoms with Crippen molar-refractivity contribution >= 4 is 21.9 Å². The monoisotopic (exact) mass is 550 g/mol. The average molecular weight is 551 g/mol. The number of fused-ring (bicyclic) bond motifs is 3. The van der Waals surface area contributed by atoms with Crippen molar-refractivity contribution in [3.63, 3.8) is 0 Å². The Morgan fingerprint density at radius 1 is 0.326 bits per heavy atom. The Morgan fingerprint density at radius 2 is 0.791 bits per heavy atom. The van der Waals surface area contributed by atoms with Crippen molar-refractivity contribution < 1.29 is 4.42 Å². The highest BCUT2D eigenvalue weighted by Crippen LogP contribution is 2.36. The number of hydrogen-bond acceptors (Lipinski definition) is 3. The van der Waals surface area contributed by atoms with E-state index in [0.717, 1.165) is 55.6 Å². The van der Waals surface area contributed by atoms with Gasteiger partial charge in [-0.05, 0) is 64.7 Å². The molecule has 0 amide bonds. The van der Waals surface area contributed by atoms with Crippen LogP contribution in [0.5, 0.6) is 0 Å². The molecule has 0 atom stereocenters. The molecular weight excluding hydrogens is 524 g/mol. The number of aromatic nitrogens is 2. The minimum Gasteiger partial charge on any atom is -0.456 e. The van der Waals surface area contributed by atoms with E-state index < -0.39 is 0 Å². The Morgan fingerprint density at radius 3 is 1.44 bits per heavy atom. The Bertz CT molecular complexity index is 2160. The quantitative estimate of drug-likeness (QED) is 0.214. The van der Waals surface area contributed by atoms with E-state index in [1.54, 1.807) is 0 Å². The summed E-state index contributed by atoms with van der Waals surface area (Å²) >= 11 is 0. The highest BCUT2D eigenvalue weighted by atomic mass is 16.3. The van der Waals surface area contributed by atoms with Gasteiger partial charge in [-0.2, -0.15) is 0 Å². The topological polar surface area (TPSA) is 38.9 Å². The highest BCUT2D eigenvalue weighted by Gasteiger charge is 2.14. The normalized spacial score (nSPS) is 11.3. The van der Waals surface area contributed by atoms with Gasteiger partial charge in [0.15, 0.2) is 5.82 Å². The minimum atomic E-state index is 0.703. The van der Waals surface area contributed by atoms with Crippen LogP contribution in [0.1, 0.15) is 0 Å². The molecule has 43 heavy (non-hydrogen) atoms. The third kappa shape index (κ3) is 4.77. The Balaban J connectivity index is 1.26. The smallest absolute Gasteiger partial charge is 0.160 e. The molecule has 3 nitrogen and oxygen atoms in total. The molecule has 8 rings (SSSR count). The van der Waals surface area contributed by atoms with Crippen molar-refractivity contribution in [3.8, 4) is 56.2 Å². The summed E-state index contributed by atoms with van der Waals surface area (Å²) in [5.41, 5.74) is 11.3. The molecule has 0 aliphatic carbocycles. The van der Waals surface area contributed by atoms with Crippen LogP contribution in [0.3, 0.4) is 0 Å². The first-order valence-corrected chi connectivity index (χ1v) is 14.4. The molecule has 0 radical (unpaired) electrons. The van der Waals surface area contributed by atoms with Gasteiger partial charge in [0.1, 0.15) is 11.2 Å². The van der Waals surface area contributed by atoms with Gasteiger partial charge < -0.3 is 4.42 Å². The first-order valence-electron chi connectivity index (χ1n) is 14.4. The lowest BCUT2D eigenvalue weighted by molar-refractivity contribution is 0.669. The molecule has 0 unspecified atom stereocenters. The van der Waals surface area contributed by atoms with Gasteiger partial charge in [0.05, 0.1) is 11.4 Å². The molecule has 6 aromatic carbocycles. The van der Waals surface area contributed by atoms with E-state index in [9.17, 15) is 0 Å². The fourth-order valence-corrected chi connectivity index (χ4v) is 5.69. The van der Waals surface area contributed by atoms with E-state index in [1.807, 2.05) is 48.5 Å². The fourth-order valence-electron chi connectivity index (χ4n) is 5.69. The molecule has 0 fully saturated rings. The van der Waals surface area contributed by atoms with Crippen molar-refractivity contribution in [1.82, 2.24) is 9.97 Å². The summed E-state index contributed by atoms with van der Waals surface area (Å²) in [7, 11) is 0. The van der Waals surface area contributed by atoms with Gasteiger partial charge in [-0.1, -0.05) is 115 Å². The van der Waals surface area contributed by atoms with E-state index in [4.69, 9.17) is 14.4 Å². The van der Waals surface area contributed by atoms with Gasteiger partial charge in [-0.15, -0.1) is 0 Å². The summed E-state index contributed by atoms with van der Waals surface area (Å²) in [5.74, 6) is 0.703. The van der Waals surface area contributed by atoms with E-state index in [2.05, 4.69) is 109 Å². The predicted molar refractivity (Wildman–Crippen MR) is 176 cm³/mol. The second kappa shape index (κ2) is 10.6. The zero-order valence-electron chi connectivity index (χ0n) is 23.3. The minimum absolute atomic E-state index is 0.703. The Labute approximate surface area is 249 Å². The van der Waals surface area contributed by atoms with Gasteiger partial charge >= 0.3 is 0 Å². The maximum Gasteiger partial charge on any atom is 0.160 e. The van der Waals surface area contributed by atoms with Crippen LogP contribution in [0, 0.1) is 0 Å². The van der Waals surface area contributed by atoms with Crippen LogP contribution in [-0.2, 0) is 0 Å². The standard InChI is InChI=1S/C40H26N2O/c1-4-11-27(12-5-1)30-17-10-18-31(23-30)32-19-21-38-34(24-32)35-25-33(20-22-39(35)43-38)37-26-36(28-13-6-2-7-14-28)41-40(42-37)29-15-8-3-9-16-29/h1-26H. The number of benzene rings is 6. The third-order valence-electron chi connectivity index (χ3n) is 7.90. The molecule has 0 saturated carbocycles. The van der Waals surface area contributed by atoms with Gasteiger partial charge in [0, 0.05) is 27.5 Å². The van der Waals surface area contributed by atoms with Crippen LogP contribution in [0.4, 0.5) is 0 Å². The number of rotatable bonds is 5. The van der Waals surface area contributed by atoms with Crippen molar-refractivity contribution in [1.29, 1.82) is 0 Å². The first-order chi connectivity index (χ1) is 21.3. The van der Waals surface area contributed by atoms with Crippen LogP contribution in [0.15, 0.2) is 162 Å². The van der Waals surface area contributed by atoms with Gasteiger partial charge in [-0.25, -0.2) is 9.97 Å². The Kier molecular flexibility index (Phi) is 6.12. The predicted octanol–water partition coefficient (Wildman–Crippen LogP) is 10.7. The van der Waals surface area contributed by atoms with Crippen molar-refractivity contribution in [3.05, 3.63) is 158 Å². The Hall–Kier alpha value is -5.80. The summed E-state index contributed by atoms with van der Waals surface area (Å²) in [6.45, 7) is 0. The van der Waals surface area contributed by atoms with E-state index in [0.29, 0.717) is 5.82 Å². The molecule has 0 bridgehead atoms. The van der Waals surface area contributed by atoms with Crippen molar-refractivity contribution in [2.75, 3.05) is 0 Å². The van der Waals surface area contributed by atoms with Crippen LogP contribution in [0.25, 0.3) is 78.1 Å². The largest absolute Gasteiger partial charge is 0.456 e. The molecule has 0 N–H and O–H groups in total. The molecule has 2 aromatic heterocycles. The number of hydrogen-bond donors (Lipinski definition) is 0. The second-order valence-electron chi connectivity index (χ2n) is 10.7. The highest BCUT2D eigenvalue weighted by molar-refractivity contribution is 6.07. The lowest BCUT2D eigenvalue weighted by Gasteiger charge is -2.09. The van der Waals surface area contributed by atoms with Crippen LogP contribution in [0.2, 0.25) is 0 Å². The molecule has 0 aliphatic heterocycles. The summed E-state index contributed by atoms with van der Waals surface area (Å²) in [6, 6.07) is 54.5. The lowest BCUT2D eigenvalue weighted by Crippen LogP contribution is -1.95. The summed E-state index contributed by atoms with van der Waals surface area (Å²) < 4.78 is 6.28. The molecule has 3 heteroatoms. The zero-order chi connectivity index (χ0) is 28.6. The van der Waals surface area contributed by atoms with Crippen molar-refractivity contribution in [2.24, 2.45) is 0 Å².